The summed E-state index contributed by atoms with van der Waals surface area (Å²) in [6, 6.07) is 0. The van der Waals surface area contributed by atoms with E-state index in [1.807, 2.05) is 0 Å². The molecule has 1 rings (SSSR count). The first-order valence-electron chi connectivity index (χ1n) is 7.24. The van der Waals surface area contributed by atoms with E-state index >= 15 is 0 Å². The van der Waals surface area contributed by atoms with E-state index in [1.54, 1.807) is 20.8 Å². The van der Waals surface area contributed by atoms with Crippen LogP contribution in [0.5, 0.6) is 0 Å². The molecule has 5 nitrogen and oxygen atoms in total. The number of hydrogen-bond donors (Lipinski definition) is 0. The maximum atomic E-state index is 12.0. The average Bonchev–Trinajstić information content (AvgIpc) is 2.60. The lowest BCUT2D eigenvalue weighted by Crippen LogP contribution is -2.34. The molecule has 6 heteroatoms. The number of thioether (sulfide) groups is 1. The number of ketones is 2. The zero-order chi connectivity index (χ0) is 16.0. The molecule has 0 aliphatic carbocycles. The van der Waals surface area contributed by atoms with Crippen LogP contribution in [-0.2, 0) is 19.2 Å². The number of imide groups is 1. The van der Waals surface area contributed by atoms with Gasteiger partial charge in [0.15, 0.2) is 0 Å². The highest BCUT2D eigenvalue weighted by atomic mass is 32.2. The number of rotatable bonds is 9. The summed E-state index contributed by atoms with van der Waals surface area (Å²) in [5, 5.41) is 0. The molecule has 0 N–H and O–H groups in total. The third-order valence-corrected chi connectivity index (χ3v) is 4.53. The van der Waals surface area contributed by atoms with Gasteiger partial charge in [-0.05, 0) is 6.42 Å². The molecule has 0 spiro atoms. The van der Waals surface area contributed by atoms with E-state index in [1.165, 1.54) is 16.7 Å². The van der Waals surface area contributed by atoms with Crippen LogP contribution in [0, 0.1) is 5.41 Å². The number of carbonyl (C=O) groups excluding carboxylic acids is 4. The Bertz CT molecular complexity index is 445. The van der Waals surface area contributed by atoms with E-state index in [0.717, 1.165) is 0 Å². The lowest BCUT2D eigenvalue weighted by Gasteiger charge is -2.17. The molecule has 0 unspecified atom stereocenters. The molecule has 0 bridgehead atoms. The maximum Gasteiger partial charge on any atom is 0.235 e. The molecule has 0 aromatic heterocycles. The SMILES string of the molecule is CCC(=O)CSCC(=O)CCCN1C(=O)CC(C)(C)C1=O. The summed E-state index contributed by atoms with van der Waals surface area (Å²) in [4.78, 5) is 47.7. The third-order valence-electron chi connectivity index (χ3n) is 3.48. The first kappa shape index (κ1) is 17.9. The van der Waals surface area contributed by atoms with Crippen LogP contribution >= 0.6 is 11.8 Å². The van der Waals surface area contributed by atoms with Crippen LogP contribution < -0.4 is 0 Å². The summed E-state index contributed by atoms with van der Waals surface area (Å²) in [6.07, 6.45) is 1.57. The van der Waals surface area contributed by atoms with Gasteiger partial charge >= 0.3 is 0 Å². The number of hydrogen-bond acceptors (Lipinski definition) is 5. The third kappa shape index (κ3) is 5.26. The first-order chi connectivity index (χ1) is 9.77. The second kappa shape index (κ2) is 7.73. The molecule has 1 saturated heterocycles. The molecular formula is C15H23NO4S. The van der Waals surface area contributed by atoms with Crippen LogP contribution in [0.1, 0.15) is 46.5 Å². The van der Waals surface area contributed by atoms with Crippen molar-refractivity contribution in [3.63, 3.8) is 0 Å². The minimum Gasteiger partial charge on any atom is -0.299 e. The molecule has 0 radical (unpaired) electrons. The molecule has 1 aliphatic rings. The fourth-order valence-electron chi connectivity index (χ4n) is 2.14. The van der Waals surface area contributed by atoms with Gasteiger partial charge in [-0.15, -0.1) is 11.8 Å². The van der Waals surface area contributed by atoms with Crippen molar-refractivity contribution in [2.24, 2.45) is 5.41 Å². The predicted octanol–water partition coefficient (Wildman–Crippen LogP) is 1.83. The molecule has 1 fully saturated rings. The Morgan fingerprint density at radius 1 is 1.19 bits per heavy atom. The molecular weight excluding hydrogens is 290 g/mol. The van der Waals surface area contributed by atoms with Gasteiger partial charge in [-0.25, -0.2) is 0 Å². The van der Waals surface area contributed by atoms with Gasteiger partial charge in [-0.1, -0.05) is 20.8 Å². The van der Waals surface area contributed by atoms with Crippen molar-refractivity contribution < 1.29 is 19.2 Å². The van der Waals surface area contributed by atoms with E-state index in [0.29, 0.717) is 37.3 Å². The van der Waals surface area contributed by atoms with Gasteiger partial charge in [0.25, 0.3) is 0 Å². The van der Waals surface area contributed by atoms with Gasteiger partial charge in [-0.3, -0.25) is 24.1 Å². The zero-order valence-electron chi connectivity index (χ0n) is 12.9. The zero-order valence-corrected chi connectivity index (χ0v) is 13.8. The minimum atomic E-state index is -0.614. The van der Waals surface area contributed by atoms with Gasteiger partial charge < -0.3 is 0 Å². The first-order valence-corrected chi connectivity index (χ1v) is 8.39. The Morgan fingerprint density at radius 3 is 2.33 bits per heavy atom. The quantitative estimate of drug-likeness (QED) is 0.607. The van der Waals surface area contributed by atoms with Crippen LogP contribution in [0.4, 0.5) is 0 Å². The minimum absolute atomic E-state index is 0.0576. The van der Waals surface area contributed by atoms with Crippen molar-refractivity contribution in [3.05, 3.63) is 0 Å². The van der Waals surface area contributed by atoms with Crippen molar-refractivity contribution in [1.82, 2.24) is 4.90 Å². The van der Waals surface area contributed by atoms with Crippen LogP contribution in [0.3, 0.4) is 0 Å². The molecule has 0 saturated carbocycles. The summed E-state index contributed by atoms with van der Waals surface area (Å²) in [5.41, 5.74) is -0.614. The number of nitrogens with zero attached hydrogens (tertiary/aromatic N) is 1. The predicted molar refractivity (Wildman–Crippen MR) is 82.0 cm³/mol. The summed E-state index contributed by atoms with van der Waals surface area (Å²) >= 11 is 1.33. The summed E-state index contributed by atoms with van der Waals surface area (Å²) in [5.74, 6) is 0.590. The molecule has 0 atom stereocenters. The Hall–Kier alpha value is -1.17. The van der Waals surface area contributed by atoms with Crippen LogP contribution in [0.25, 0.3) is 0 Å². The van der Waals surface area contributed by atoms with E-state index in [9.17, 15) is 19.2 Å². The van der Waals surface area contributed by atoms with Crippen LogP contribution in [-0.4, -0.2) is 46.3 Å². The molecule has 118 valence electrons. The lowest BCUT2D eigenvalue weighted by molar-refractivity contribution is -0.141. The molecule has 0 aromatic rings. The fraction of sp³-hybridized carbons (Fsp3) is 0.733. The van der Waals surface area contributed by atoms with Gasteiger partial charge in [0.05, 0.1) is 16.9 Å². The Morgan fingerprint density at radius 2 is 1.81 bits per heavy atom. The number of Topliss-reactive ketones (excluding diaryl/α,β-unsaturated/α-hetero) is 2. The van der Waals surface area contributed by atoms with Crippen molar-refractivity contribution in [3.8, 4) is 0 Å². The van der Waals surface area contributed by atoms with E-state index < -0.39 is 5.41 Å². The number of amides is 2. The van der Waals surface area contributed by atoms with Gasteiger partial charge in [0.1, 0.15) is 11.6 Å². The Kier molecular flexibility index (Phi) is 6.58. The van der Waals surface area contributed by atoms with Crippen molar-refractivity contribution in [2.45, 2.75) is 46.5 Å². The van der Waals surface area contributed by atoms with Gasteiger partial charge in [0.2, 0.25) is 11.8 Å². The summed E-state index contributed by atoms with van der Waals surface area (Å²) < 4.78 is 0. The molecule has 21 heavy (non-hydrogen) atoms. The van der Waals surface area contributed by atoms with Crippen molar-refractivity contribution in [1.29, 1.82) is 0 Å². The van der Waals surface area contributed by atoms with E-state index in [2.05, 4.69) is 0 Å². The normalized spacial score (nSPS) is 17.4. The maximum absolute atomic E-state index is 12.0. The molecule has 2 amide bonds. The van der Waals surface area contributed by atoms with Crippen LogP contribution in [0.2, 0.25) is 0 Å². The number of likely N-dealkylation sites (tertiary alicyclic amines) is 1. The second-order valence-corrected chi connectivity index (χ2v) is 6.92. The van der Waals surface area contributed by atoms with Crippen molar-refractivity contribution in [2.75, 3.05) is 18.1 Å². The number of carbonyl (C=O) groups is 4. The lowest BCUT2D eigenvalue weighted by atomic mass is 9.92. The summed E-state index contributed by atoms with van der Waals surface area (Å²) in [7, 11) is 0. The van der Waals surface area contributed by atoms with E-state index in [4.69, 9.17) is 0 Å². The average molecular weight is 313 g/mol. The monoisotopic (exact) mass is 313 g/mol. The fourth-order valence-corrected chi connectivity index (χ4v) is 3.05. The highest BCUT2D eigenvalue weighted by Gasteiger charge is 2.44. The Labute approximate surface area is 129 Å². The highest BCUT2D eigenvalue weighted by Crippen LogP contribution is 2.31. The molecule has 1 aliphatic heterocycles. The molecule has 1 heterocycles. The van der Waals surface area contributed by atoms with Gasteiger partial charge in [-0.2, -0.15) is 0 Å². The Balaban J connectivity index is 2.25. The summed E-state index contributed by atoms with van der Waals surface area (Å²) in [6.45, 7) is 5.64. The molecule has 0 aromatic carbocycles. The standard InChI is InChI=1S/C15H23NO4S/c1-4-11(17)9-21-10-12(18)6-5-7-16-13(19)8-15(2,3)14(16)20/h4-10H2,1-3H3. The topological polar surface area (TPSA) is 71.5 Å². The smallest absolute Gasteiger partial charge is 0.235 e. The van der Waals surface area contributed by atoms with Crippen LogP contribution in [0.15, 0.2) is 0 Å². The van der Waals surface area contributed by atoms with E-state index in [-0.39, 0.29) is 29.8 Å². The largest absolute Gasteiger partial charge is 0.299 e. The van der Waals surface area contributed by atoms with Crippen molar-refractivity contribution >= 4 is 35.1 Å². The second-order valence-electron chi connectivity index (χ2n) is 5.94. The highest BCUT2D eigenvalue weighted by molar-refractivity contribution is 8.00. The van der Waals surface area contributed by atoms with Gasteiger partial charge in [0, 0.05) is 25.8 Å².